The number of phenols is 1. The molecule has 4 atom stereocenters. The Morgan fingerprint density at radius 2 is 1.71 bits per heavy atom. The van der Waals surface area contributed by atoms with E-state index in [-0.39, 0.29) is 41.0 Å². The highest BCUT2D eigenvalue weighted by Crippen LogP contribution is 2.56. The largest absolute Gasteiger partial charge is 0.573 e. The van der Waals surface area contributed by atoms with Crippen molar-refractivity contribution in [2.75, 3.05) is 4.90 Å². The van der Waals surface area contributed by atoms with Crippen molar-refractivity contribution in [1.82, 2.24) is 0 Å². The summed E-state index contributed by atoms with van der Waals surface area (Å²) in [6.07, 6.45) is -1.94. The number of hydrogen-bond acceptors (Lipinski definition) is 6. The van der Waals surface area contributed by atoms with E-state index >= 15 is 0 Å². The summed E-state index contributed by atoms with van der Waals surface area (Å²) < 4.78 is 44.0. The van der Waals surface area contributed by atoms with E-state index in [0.717, 1.165) is 27.6 Å². The van der Waals surface area contributed by atoms with E-state index in [0.29, 0.717) is 11.3 Å². The Labute approximate surface area is 240 Å². The quantitative estimate of drug-likeness (QED) is 0.267. The number of Topliss-reactive ketones (excluding diaryl/α,β-unsaturated/α-hetero) is 1. The second kappa shape index (κ2) is 9.54. The average Bonchev–Trinajstić information content (AvgIpc) is 3.17. The number of alkyl halides is 3. The third kappa shape index (κ3) is 4.43. The molecule has 0 aromatic heterocycles. The molecule has 0 bridgehead atoms. The summed E-state index contributed by atoms with van der Waals surface area (Å²) in [6.45, 7) is 1.47. The van der Waals surface area contributed by atoms with E-state index in [9.17, 15) is 37.5 Å². The number of ether oxygens (including phenoxy) is 1. The molecular weight excluding hydrogens is 607 g/mol. The lowest BCUT2D eigenvalue weighted by Gasteiger charge is -2.42. The summed E-state index contributed by atoms with van der Waals surface area (Å²) in [5.74, 6) is -6.20. The molecule has 2 aromatic rings. The number of anilines is 1. The third-order valence-corrected chi connectivity index (χ3v) is 8.72. The lowest BCUT2D eigenvalue weighted by atomic mass is 9.59. The molecular formula is C30H21BrF3NO6. The van der Waals surface area contributed by atoms with E-state index < -0.39 is 59.0 Å². The molecule has 1 N–H and O–H groups in total. The lowest BCUT2D eigenvalue weighted by molar-refractivity contribution is -0.274. The number of nitrogens with zero attached hydrogens (tertiary/aromatic N) is 1. The number of hydrogen-bond donors (Lipinski definition) is 1. The van der Waals surface area contributed by atoms with Gasteiger partial charge in [-0.1, -0.05) is 27.6 Å². The maximum atomic E-state index is 13.9. The molecule has 4 aliphatic rings. The molecule has 1 saturated heterocycles. The molecule has 6 rings (SSSR count). The number of benzene rings is 2. The van der Waals surface area contributed by atoms with Crippen LogP contribution in [0.4, 0.5) is 18.9 Å². The van der Waals surface area contributed by atoms with Crippen molar-refractivity contribution >= 4 is 45.0 Å². The van der Waals surface area contributed by atoms with Gasteiger partial charge in [0.25, 0.3) is 0 Å². The van der Waals surface area contributed by atoms with Gasteiger partial charge < -0.3 is 9.84 Å². The zero-order chi connectivity index (χ0) is 29.4. The first-order valence-electron chi connectivity index (χ1n) is 12.8. The molecule has 11 heteroatoms. The number of phenolic OH excluding ortho intramolecular Hbond substituents is 1. The molecule has 41 heavy (non-hydrogen) atoms. The average molecular weight is 628 g/mol. The summed E-state index contributed by atoms with van der Waals surface area (Å²) in [5, 5.41) is 10.8. The molecule has 0 radical (unpaired) electrons. The van der Waals surface area contributed by atoms with Gasteiger partial charge in [-0.15, -0.1) is 13.2 Å². The van der Waals surface area contributed by atoms with Crippen molar-refractivity contribution < 1.29 is 42.2 Å². The number of ketones is 2. The van der Waals surface area contributed by atoms with Crippen LogP contribution in [-0.2, 0) is 19.2 Å². The van der Waals surface area contributed by atoms with Crippen LogP contribution in [-0.4, -0.2) is 34.8 Å². The standard InChI is InChI=1S/C30H21BrF3NO6/c1-13-10-23(37)21-12-19-17(7-8-18-25(19)29(40)35(28(18)39)15-4-2-14(31)3-5-15)24(26(21)27(13)38)20-11-16(6-9-22(20)36)41-30(32,33)34/h2-7,9-11,18-19,24-25,36H,8,12H2,1H3/t18-,19+,24+,25-/m0/s1. The fraction of sp³-hybridized carbons (Fsp3) is 0.267. The van der Waals surface area contributed by atoms with Crippen LogP contribution in [0.3, 0.4) is 0 Å². The molecule has 1 fully saturated rings. The van der Waals surface area contributed by atoms with Crippen molar-refractivity contribution in [3.63, 3.8) is 0 Å². The van der Waals surface area contributed by atoms with Crippen molar-refractivity contribution in [3.8, 4) is 11.5 Å². The highest BCUT2D eigenvalue weighted by Gasteiger charge is 2.57. The summed E-state index contributed by atoms with van der Waals surface area (Å²) in [4.78, 5) is 55.2. The second-order valence-corrected chi connectivity index (χ2v) is 11.4. The van der Waals surface area contributed by atoms with E-state index in [1.54, 1.807) is 30.3 Å². The Morgan fingerprint density at radius 3 is 2.39 bits per heavy atom. The van der Waals surface area contributed by atoms with Gasteiger partial charge in [-0.2, -0.15) is 0 Å². The Hall–Kier alpha value is -3.99. The summed E-state index contributed by atoms with van der Waals surface area (Å²) >= 11 is 3.34. The minimum Gasteiger partial charge on any atom is -0.508 e. The number of halogens is 4. The molecule has 210 valence electrons. The first kappa shape index (κ1) is 27.2. The van der Waals surface area contributed by atoms with Crippen LogP contribution in [0.25, 0.3) is 0 Å². The topological polar surface area (TPSA) is 101 Å². The SMILES string of the molecule is CC1=CC(=O)C2=C(C1=O)[C@@H](c1cc(OC(F)(F)F)ccc1O)C1=CC[C@@H]3C(=O)N(c4ccc(Br)cc4)C(=O)[C@@H]3[C@@H]1C2. The summed E-state index contributed by atoms with van der Waals surface area (Å²) in [6, 6.07) is 9.65. The molecule has 1 heterocycles. The van der Waals surface area contributed by atoms with Crippen LogP contribution in [0.2, 0.25) is 0 Å². The summed E-state index contributed by atoms with van der Waals surface area (Å²) in [5.41, 5.74) is 1.16. The van der Waals surface area contributed by atoms with Gasteiger partial charge in [0.1, 0.15) is 11.5 Å². The van der Waals surface area contributed by atoms with Gasteiger partial charge >= 0.3 is 6.36 Å². The number of carbonyl (C=O) groups excluding carboxylic acids is 4. The highest BCUT2D eigenvalue weighted by atomic mass is 79.9. The minimum atomic E-state index is -5.01. The zero-order valence-corrected chi connectivity index (χ0v) is 23.0. The molecule has 1 aliphatic heterocycles. The van der Waals surface area contributed by atoms with Gasteiger partial charge in [0.05, 0.1) is 17.5 Å². The number of fused-ring (bicyclic) bond motifs is 3. The van der Waals surface area contributed by atoms with Crippen molar-refractivity contribution in [3.05, 3.63) is 86.9 Å². The molecule has 3 aliphatic carbocycles. The maximum absolute atomic E-state index is 13.9. The van der Waals surface area contributed by atoms with Crippen LogP contribution in [0, 0.1) is 17.8 Å². The van der Waals surface area contributed by atoms with Gasteiger partial charge in [0.2, 0.25) is 11.8 Å². The predicted molar refractivity (Wildman–Crippen MR) is 143 cm³/mol. The predicted octanol–water partition coefficient (Wildman–Crippen LogP) is 5.69. The van der Waals surface area contributed by atoms with Crippen LogP contribution in [0.15, 0.2) is 81.4 Å². The molecule has 2 aromatic carbocycles. The number of rotatable bonds is 3. The third-order valence-electron chi connectivity index (χ3n) is 8.19. The molecule has 2 amide bonds. The minimum absolute atomic E-state index is 0.000111. The van der Waals surface area contributed by atoms with E-state index in [4.69, 9.17) is 0 Å². The molecule has 0 saturated carbocycles. The first-order valence-corrected chi connectivity index (χ1v) is 13.6. The lowest BCUT2D eigenvalue weighted by Crippen LogP contribution is -2.39. The molecule has 0 unspecified atom stereocenters. The van der Waals surface area contributed by atoms with Crippen LogP contribution < -0.4 is 9.64 Å². The van der Waals surface area contributed by atoms with Gasteiger partial charge in [-0.3, -0.25) is 24.1 Å². The monoisotopic (exact) mass is 627 g/mol. The first-order chi connectivity index (χ1) is 19.4. The molecule has 7 nitrogen and oxygen atoms in total. The van der Waals surface area contributed by atoms with E-state index in [1.165, 1.54) is 13.0 Å². The second-order valence-electron chi connectivity index (χ2n) is 10.5. The van der Waals surface area contributed by atoms with Crippen molar-refractivity contribution in [1.29, 1.82) is 0 Å². The van der Waals surface area contributed by atoms with E-state index in [2.05, 4.69) is 20.7 Å². The van der Waals surface area contributed by atoms with Crippen LogP contribution in [0.5, 0.6) is 11.5 Å². The van der Waals surface area contributed by atoms with E-state index in [1.807, 2.05) is 0 Å². The Morgan fingerprint density at radius 1 is 1.00 bits per heavy atom. The fourth-order valence-corrected chi connectivity index (χ4v) is 6.79. The van der Waals surface area contributed by atoms with Crippen LogP contribution >= 0.6 is 15.9 Å². The van der Waals surface area contributed by atoms with Gasteiger partial charge in [0, 0.05) is 32.7 Å². The highest BCUT2D eigenvalue weighted by molar-refractivity contribution is 9.10. The normalized spacial score (nSPS) is 25.9. The number of carbonyl (C=O) groups is 4. The maximum Gasteiger partial charge on any atom is 0.573 e. The van der Waals surface area contributed by atoms with Crippen LogP contribution in [0.1, 0.15) is 31.2 Å². The van der Waals surface area contributed by atoms with Gasteiger partial charge in [-0.25, -0.2) is 0 Å². The Bertz CT molecular complexity index is 1640. The number of amides is 2. The van der Waals surface area contributed by atoms with Crippen molar-refractivity contribution in [2.24, 2.45) is 17.8 Å². The zero-order valence-electron chi connectivity index (χ0n) is 21.4. The summed E-state index contributed by atoms with van der Waals surface area (Å²) in [7, 11) is 0. The Kier molecular flexibility index (Phi) is 6.33. The molecule has 0 spiro atoms. The fourth-order valence-electron chi connectivity index (χ4n) is 6.52. The number of allylic oxidation sites excluding steroid dienone is 6. The van der Waals surface area contributed by atoms with Gasteiger partial charge in [-0.05, 0) is 74.2 Å². The number of aromatic hydroxyl groups is 1. The number of imide groups is 1. The Balaban J connectivity index is 1.49. The van der Waals surface area contributed by atoms with Gasteiger partial charge in [0.15, 0.2) is 11.6 Å². The van der Waals surface area contributed by atoms with Crippen molar-refractivity contribution in [2.45, 2.75) is 32.0 Å². The smallest absolute Gasteiger partial charge is 0.508 e.